The third-order valence-corrected chi connectivity index (χ3v) is 6.85. The predicted octanol–water partition coefficient (Wildman–Crippen LogP) is 5.14. The number of rotatable bonds is 4. The van der Waals surface area contributed by atoms with Gasteiger partial charge in [0.2, 0.25) is 0 Å². The second kappa shape index (κ2) is 8.29. The lowest BCUT2D eigenvalue weighted by molar-refractivity contribution is -0.132. The van der Waals surface area contributed by atoms with E-state index >= 15 is 0 Å². The molecule has 0 saturated heterocycles. The third-order valence-electron chi connectivity index (χ3n) is 6.85. The maximum atomic E-state index is 14.4. The number of carbonyl (C=O) groups excluding carboxylic acids is 1. The summed E-state index contributed by atoms with van der Waals surface area (Å²) in [5, 5.41) is 12.3. The molecule has 0 radical (unpaired) electrons. The molecule has 5 heteroatoms. The quantitative estimate of drug-likeness (QED) is 0.455. The Bertz CT molecular complexity index is 1360. The van der Waals surface area contributed by atoms with Gasteiger partial charge in [-0.1, -0.05) is 78.9 Å². The Morgan fingerprint density at radius 1 is 0.771 bits per heavy atom. The molecule has 0 aliphatic carbocycles. The van der Waals surface area contributed by atoms with Crippen molar-refractivity contribution < 1.29 is 19.4 Å². The fraction of sp³-hybridized carbons (Fsp3) is 0.167. The van der Waals surface area contributed by atoms with Crippen molar-refractivity contribution in [2.24, 2.45) is 0 Å². The fourth-order valence-corrected chi connectivity index (χ4v) is 5.25. The molecule has 1 N–H and O–H groups in total. The van der Waals surface area contributed by atoms with Crippen LogP contribution < -0.4 is 14.4 Å². The number of aliphatic hydroxyl groups is 1. The van der Waals surface area contributed by atoms with Crippen LogP contribution in [0.5, 0.6) is 11.5 Å². The Labute approximate surface area is 204 Å². The number of hydrogen-bond acceptors (Lipinski definition) is 4. The van der Waals surface area contributed by atoms with Crippen LogP contribution in [0.2, 0.25) is 0 Å². The first-order chi connectivity index (χ1) is 17.1. The Morgan fingerprint density at radius 2 is 1.31 bits per heavy atom. The van der Waals surface area contributed by atoms with E-state index < -0.39 is 17.6 Å². The van der Waals surface area contributed by atoms with Gasteiger partial charge in [-0.3, -0.25) is 9.69 Å². The van der Waals surface area contributed by atoms with Gasteiger partial charge in [-0.25, -0.2) is 0 Å². The molecule has 0 spiro atoms. The van der Waals surface area contributed by atoms with Crippen molar-refractivity contribution in [3.63, 3.8) is 0 Å². The van der Waals surface area contributed by atoms with Crippen molar-refractivity contribution in [2.45, 2.75) is 18.6 Å². The lowest BCUT2D eigenvalue weighted by Gasteiger charge is -2.32. The summed E-state index contributed by atoms with van der Waals surface area (Å²) in [6.45, 7) is 2.78. The number of ether oxygens (including phenoxy) is 2. The van der Waals surface area contributed by atoms with Crippen LogP contribution in [0.25, 0.3) is 0 Å². The maximum absolute atomic E-state index is 14.4. The molecule has 2 heterocycles. The van der Waals surface area contributed by atoms with Gasteiger partial charge in [-0.2, -0.15) is 0 Å². The summed E-state index contributed by atoms with van der Waals surface area (Å²) in [6.07, 6.45) is 0. The lowest BCUT2D eigenvalue weighted by atomic mass is 9.84. The van der Waals surface area contributed by atoms with Gasteiger partial charge in [0, 0.05) is 11.1 Å². The lowest BCUT2D eigenvalue weighted by Crippen LogP contribution is -2.43. The number of nitrogens with zero attached hydrogens (tertiary/aromatic N) is 1. The first-order valence-electron chi connectivity index (χ1n) is 11.7. The van der Waals surface area contributed by atoms with E-state index in [4.69, 9.17) is 9.47 Å². The topological polar surface area (TPSA) is 59.0 Å². The highest BCUT2D eigenvalue weighted by Gasteiger charge is 2.54. The van der Waals surface area contributed by atoms with Crippen LogP contribution in [0.15, 0.2) is 97.1 Å². The van der Waals surface area contributed by atoms with Crippen molar-refractivity contribution >= 4 is 11.6 Å². The summed E-state index contributed by atoms with van der Waals surface area (Å²) in [4.78, 5) is 16.1. The molecule has 4 aromatic carbocycles. The van der Waals surface area contributed by atoms with Gasteiger partial charge in [0.05, 0.1) is 11.7 Å². The summed E-state index contributed by atoms with van der Waals surface area (Å²) in [5.41, 5.74) is 2.57. The van der Waals surface area contributed by atoms with Crippen LogP contribution in [0, 0.1) is 6.92 Å². The molecule has 0 saturated carbocycles. The fourth-order valence-electron chi connectivity index (χ4n) is 5.25. The van der Waals surface area contributed by atoms with Gasteiger partial charge in [-0.15, -0.1) is 0 Å². The van der Waals surface area contributed by atoms with E-state index in [0.717, 1.165) is 16.7 Å². The first kappa shape index (κ1) is 21.4. The molecule has 2 aliphatic rings. The molecule has 4 aromatic rings. The number of carbonyl (C=O) groups is 1. The van der Waals surface area contributed by atoms with Crippen molar-refractivity contribution in [3.8, 4) is 11.5 Å². The standard InChI is InChI=1S/C30H25NO4/c1-20-18-26-27(35-17-16-34-26)19-24(20)30(33)23-14-8-9-15-25(23)31(29(30)32)28(21-10-4-2-5-11-21)22-12-6-3-7-13-22/h2-15,18-19,28,33H,16-17H2,1H3. The zero-order valence-electron chi connectivity index (χ0n) is 19.3. The van der Waals surface area contributed by atoms with Crippen molar-refractivity contribution in [3.05, 3.63) is 125 Å². The summed E-state index contributed by atoms with van der Waals surface area (Å²) in [6, 6.07) is 30.5. The molecule has 1 amide bonds. The average molecular weight is 464 g/mol. The molecule has 2 aliphatic heterocycles. The summed E-state index contributed by atoms with van der Waals surface area (Å²) >= 11 is 0. The zero-order chi connectivity index (χ0) is 24.0. The molecule has 0 bridgehead atoms. The molecule has 0 fully saturated rings. The van der Waals surface area contributed by atoms with Crippen LogP contribution in [0.1, 0.15) is 33.9 Å². The number of anilines is 1. The number of benzene rings is 4. The van der Waals surface area contributed by atoms with E-state index in [1.807, 2.05) is 97.9 Å². The first-order valence-corrected chi connectivity index (χ1v) is 11.7. The highest BCUT2D eigenvalue weighted by Crippen LogP contribution is 2.51. The summed E-state index contributed by atoms with van der Waals surface area (Å²) in [5.74, 6) is 0.774. The van der Waals surface area contributed by atoms with Crippen LogP contribution in [0.3, 0.4) is 0 Å². The van der Waals surface area contributed by atoms with Crippen LogP contribution >= 0.6 is 0 Å². The monoisotopic (exact) mass is 463 g/mol. The summed E-state index contributed by atoms with van der Waals surface area (Å²) in [7, 11) is 0. The highest BCUT2D eigenvalue weighted by molar-refractivity contribution is 6.10. The normalized spacial score (nSPS) is 18.6. The molecule has 0 aromatic heterocycles. The van der Waals surface area contributed by atoms with E-state index in [-0.39, 0.29) is 0 Å². The Balaban J connectivity index is 1.56. The molecular formula is C30H25NO4. The SMILES string of the molecule is Cc1cc2c(cc1C1(O)C(=O)N(C(c3ccccc3)c3ccccc3)c3ccccc31)OCCO2. The molecule has 1 unspecified atom stereocenters. The number of hydrogen-bond donors (Lipinski definition) is 1. The van der Waals surface area contributed by atoms with Gasteiger partial charge in [0.25, 0.3) is 5.91 Å². The molecule has 5 nitrogen and oxygen atoms in total. The van der Waals surface area contributed by atoms with E-state index in [1.54, 1.807) is 11.0 Å². The molecule has 35 heavy (non-hydrogen) atoms. The second-order valence-corrected chi connectivity index (χ2v) is 8.94. The minimum Gasteiger partial charge on any atom is -0.486 e. The van der Waals surface area contributed by atoms with E-state index in [1.165, 1.54) is 0 Å². The van der Waals surface area contributed by atoms with E-state index in [9.17, 15) is 9.90 Å². The van der Waals surface area contributed by atoms with Gasteiger partial charge in [-0.05, 0) is 41.8 Å². The predicted molar refractivity (Wildman–Crippen MR) is 134 cm³/mol. The van der Waals surface area contributed by atoms with Gasteiger partial charge in [0.15, 0.2) is 17.1 Å². The molecular weight excluding hydrogens is 438 g/mol. The summed E-state index contributed by atoms with van der Waals surface area (Å²) < 4.78 is 11.5. The molecule has 6 rings (SSSR count). The second-order valence-electron chi connectivity index (χ2n) is 8.94. The smallest absolute Gasteiger partial charge is 0.269 e. The van der Waals surface area contributed by atoms with Gasteiger partial charge in [0.1, 0.15) is 13.2 Å². The number of aryl methyl sites for hydroxylation is 1. The largest absolute Gasteiger partial charge is 0.486 e. The third kappa shape index (κ3) is 3.31. The van der Waals surface area contributed by atoms with Crippen LogP contribution in [0.4, 0.5) is 5.69 Å². The Kier molecular flexibility index (Phi) is 5.08. The maximum Gasteiger partial charge on any atom is 0.269 e. The van der Waals surface area contributed by atoms with E-state index in [2.05, 4.69) is 0 Å². The van der Waals surface area contributed by atoms with Crippen molar-refractivity contribution in [1.82, 2.24) is 0 Å². The van der Waals surface area contributed by atoms with Gasteiger partial charge < -0.3 is 14.6 Å². The minimum absolute atomic E-state index is 0.392. The molecule has 174 valence electrons. The minimum atomic E-state index is -1.86. The molecule has 1 atom stereocenters. The van der Waals surface area contributed by atoms with E-state index in [0.29, 0.717) is 41.5 Å². The zero-order valence-corrected chi connectivity index (χ0v) is 19.3. The Hall–Kier alpha value is -4.09. The van der Waals surface area contributed by atoms with Crippen LogP contribution in [-0.4, -0.2) is 24.2 Å². The van der Waals surface area contributed by atoms with Crippen molar-refractivity contribution in [1.29, 1.82) is 0 Å². The number of para-hydroxylation sites is 1. The Morgan fingerprint density at radius 3 is 1.94 bits per heavy atom. The van der Waals surface area contributed by atoms with Gasteiger partial charge >= 0.3 is 0 Å². The average Bonchev–Trinajstić information content (AvgIpc) is 3.13. The number of amides is 1. The highest BCUT2D eigenvalue weighted by atomic mass is 16.6. The van der Waals surface area contributed by atoms with Crippen LogP contribution in [-0.2, 0) is 10.4 Å². The van der Waals surface area contributed by atoms with Crippen molar-refractivity contribution in [2.75, 3.05) is 18.1 Å². The number of fused-ring (bicyclic) bond motifs is 2.